The van der Waals surface area contributed by atoms with Crippen LogP contribution in [-0.2, 0) is 12.8 Å². The van der Waals surface area contributed by atoms with Crippen LogP contribution >= 0.6 is 0 Å². The zero-order chi connectivity index (χ0) is 12.8. The molecule has 17 heavy (non-hydrogen) atoms. The van der Waals surface area contributed by atoms with Crippen LogP contribution in [-0.4, -0.2) is 11.4 Å². The molecule has 0 aliphatic rings. The van der Waals surface area contributed by atoms with Crippen molar-refractivity contribution in [1.82, 2.24) is 0 Å². The summed E-state index contributed by atoms with van der Waals surface area (Å²) in [5, 5.41) is 8.42. The van der Waals surface area contributed by atoms with Crippen molar-refractivity contribution in [2.24, 2.45) is 10.2 Å². The molecule has 2 heteroatoms. The molecule has 92 valence electrons. The normalized spacial score (nSPS) is 11.5. The van der Waals surface area contributed by atoms with E-state index < -0.39 is 0 Å². The van der Waals surface area contributed by atoms with Gasteiger partial charge in [-0.15, -0.1) is 0 Å². The minimum Gasteiger partial charge on any atom is -0.160 e. The summed E-state index contributed by atoms with van der Waals surface area (Å²) in [7, 11) is 0. The molecule has 0 saturated heterocycles. The fourth-order valence-corrected chi connectivity index (χ4v) is 1.72. The van der Waals surface area contributed by atoms with Gasteiger partial charge in [0.15, 0.2) is 0 Å². The average molecular weight is 230 g/mol. The van der Waals surface area contributed by atoms with E-state index in [-0.39, 0.29) is 0 Å². The van der Waals surface area contributed by atoms with Crippen molar-refractivity contribution in [1.29, 1.82) is 0 Å². The lowest BCUT2D eigenvalue weighted by Crippen LogP contribution is -2.01. The summed E-state index contributed by atoms with van der Waals surface area (Å²) in [6, 6.07) is 6.64. The summed E-state index contributed by atoms with van der Waals surface area (Å²) in [5.41, 5.74) is 5.90. The first kappa shape index (κ1) is 13.6. The van der Waals surface area contributed by atoms with Crippen molar-refractivity contribution in [3.05, 3.63) is 34.9 Å². The van der Waals surface area contributed by atoms with E-state index in [1.165, 1.54) is 16.7 Å². The molecule has 0 N–H and O–H groups in total. The molecule has 0 radical (unpaired) electrons. The minimum atomic E-state index is 0.981. The molecule has 0 bridgehead atoms. The SMILES string of the molecule is CCc1ccc(CC)c(/C(C)=N/N=C(C)C)c1. The van der Waals surface area contributed by atoms with Crippen LogP contribution in [0.15, 0.2) is 28.4 Å². The Hall–Kier alpha value is -1.44. The third kappa shape index (κ3) is 3.81. The van der Waals surface area contributed by atoms with Gasteiger partial charge in [0.2, 0.25) is 0 Å². The number of hydrogen-bond donors (Lipinski definition) is 0. The number of aryl methyl sites for hydroxylation is 2. The molecule has 2 nitrogen and oxygen atoms in total. The van der Waals surface area contributed by atoms with E-state index in [0.717, 1.165) is 24.3 Å². The second kappa shape index (κ2) is 6.33. The summed E-state index contributed by atoms with van der Waals surface area (Å²) in [6.07, 6.45) is 2.08. The third-order valence-electron chi connectivity index (χ3n) is 2.75. The second-order valence-electron chi connectivity index (χ2n) is 4.43. The Morgan fingerprint density at radius 3 is 2.24 bits per heavy atom. The Bertz CT molecular complexity index is 438. The first-order chi connectivity index (χ1) is 8.08. The van der Waals surface area contributed by atoms with Gasteiger partial charge in [-0.05, 0) is 50.8 Å². The fraction of sp³-hybridized carbons (Fsp3) is 0.467. The third-order valence-corrected chi connectivity index (χ3v) is 2.75. The zero-order valence-electron chi connectivity index (χ0n) is 11.5. The Morgan fingerprint density at radius 1 is 1.00 bits per heavy atom. The van der Waals surface area contributed by atoms with Gasteiger partial charge < -0.3 is 0 Å². The maximum absolute atomic E-state index is 4.28. The molecule has 0 saturated carbocycles. The van der Waals surface area contributed by atoms with Crippen LogP contribution in [0.1, 0.15) is 51.3 Å². The summed E-state index contributed by atoms with van der Waals surface area (Å²) >= 11 is 0. The highest BCUT2D eigenvalue weighted by molar-refractivity contribution is 6.00. The summed E-state index contributed by atoms with van der Waals surface area (Å²) < 4.78 is 0. The summed E-state index contributed by atoms with van der Waals surface area (Å²) in [6.45, 7) is 10.3. The van der Waals surface area contributed by atoms with Crippen molar-refractivity contribution < 1.29 is 0 Å². The van der Waals surface area contributed by atoms with Crippen LogP contribution < -0.4 is 0 Å². The highest BCUT2D eigenvalue weighted by atomic mass is 15.2. The number of hydrogen-bond acceptors (Lipinski definition) is 2. The second-order valence-corrected chi connectivity index (χ2v) is 4.43. The lowest BCUT2D eigenvalue weighted by Gasteiger charge is -2.08. The van der Waals surface area contributed by atoms with Crippen LogP contribution in [0.2, 0.25) is 0 Å². The van der Waals surface area contributed by atoms with Crippen LogP contribution in [0, 0.1) is 0 Å². The summed E-state index contributed by atoms with van der Waals surface area (Å²) in [5.74, 6) is 0. The van der Waals surface area contributed by atoms with Gasteiger partial charge in [-0.25, -0.2) is 0 Å². The molecular formula is C15H22N2. The van der Waals surface area contributed by atoms with E-state index in [1.807, 2.05) is 20.8 Å². The molecule has 0 spiro atoms. The predicted molar refractivity (Wildman–Crippen MR) is 76.2 cm³/mol. The maximum Gasteiger partial charge on any atom is 0.0674 e. The molecule has 1 rings (SSSR count). The highest BCUT2D eigenvalue weighted by Gasteiger charge is 2.05. The van der Waals surface area contributed by atoms with Crippen molar-refractivity contribution in [3.8, 4) is 0 Å². The molecule has 0 aliphatic heterocycles. The predicted octanol–water partition coefficient (Wildman–Crippen LogP) is 4.02. The molecular weight excluding hydrogens is 208 g/mol. The Balaban J connectivity index is 3.18. The van der Waals surface area contributed by atoms with Crippen molar-refractivity contribution in [2.75, 3.05) is 0 Å². The van der Waals surface area contributed by atoms with Gasteiger partial charge in [-0.3, -0.25) is 0 Å². The maximum atomic E-state index is 4.28. The molecule has 0 atom stereocenters. The van der Waals surface area contributed by atoms with Crippen LogP contribution in [0.5, 0.6) is 0 Å². The van der Waals surface area contributed by atoms with Crippen molar-refractivity contribution in [3.63, 3.8) is 0 Å². The van der Waals surface area contributed by atoms with Crippen LogP contribution in [0.3, 0.4) is 0 Å². The Kier molecular flexibility index (Phi) is 5.08. The van der Waals surface area contributed by atoms with Crippen molar-refractivity contribution in [2.45, 2.75) is 47.5 Å². The Labute approximate surface area is 104 Å². The molecule has 0 amide bonds. The zero-order valence-corrected chi connectivity index (χ0v) is 11.5. The van der Waals surface area contributed by atoms with E-state index in [9.17, 15) is 0 Å². The smallest absolute Gasteiger partial charge is 0.0674 e. The lowest BCUT2D eigenvalue weighted by atomic mass is 9.98. The average Bonchev–Trinajstić information content (AvgIpc) is 2.34. The minimum absolute atomic E-state index is 0.981. The topological polar surface area (TPSA) is 24.7 Å². The number of benzene rings is 1. The van der Waals surface area contributed by atoms with E-state index in [4.69, 9.17) is 0 Å². The van der Waals surface area contributed by atoms with Crippen molar-refractivity contribution >= 4 is 11.4 Å². The molecule has 1 aromatic rings. The van der Waals surface area contributed by atoms with Gasteiger partial charge in [0.05, 0.1) is 5.71 Å². The van der Waals surface area contributed by atoms with Gasteiger partial charge in [-0.2, -0.15) is 10.2 Å². The van der Waals surface area contributed by atoms with E-state index >= 15 is 0 Å². The first-order valence-electron chi connectivity index (χ1n) is 6.26. The lowest BCUT2D eigenvalue weighted by molar-refractivity contribution is 1.09. The van der Waals surface area contributed by atoms with Crippen LogP contribution in [0.4, 0.5) is 0 Å². The number of rotatable bonds is 4. The molecule has 0 aromatic heterocycles. The Morgan fingerprint density at radius 2 is 1.71 bits per heavy atom. The standard InChI is InChI=1S/C15H22N2/c1-6-13-8-9-14(7-2)15(10-13)12(5)17-16-11(3)4/h8-10H,6-7H2,1-5H3/b17-12+. The molecule has 1 aromatic carbocycles. The fourth-order valence-electron chi connectivity index (χ4n) is 1.72. The molecule has 0 aliphatic carbocycles. The highest BCUT2D eigenvalue weighted by Crippen LogP contribution is 2.15. The molecule has 0 fully saturated rings. The van der Waals surface area contributed by atoms with Gasteiger partial charge in [0, 0.05) is 11.3 Å². The summed E-state index contributed by atoms with van der Waals surface area (Å²) in [4.78, 5) is 0. The van der Waals surface area contributed by atoms with Gasteiger partial charge in [0.1, 0.15) is 0 Å². The first-order valence-corrected chi connectivity index (χ1v) is 6.26. The quantitative estimate of drug-likeness (QED) is 0.551. The largest absolute Gasteiger partial charge is 0.160 e. The van der Waals surface area contributed by atoms with Gasteiger partial charge in [-0.1, -0.05) is 26.0 Å². The van der Waals surface area contributed by atoms with Gasteiger partial charge in [0.25, 0.3) is 0 Å². The van der Waals surface area contributed by atoms with E-state index in [0.29, 0.717) is 0 Å². The molecule has 0 unspecified atom stereocenters. The molecule has 0 heterocycles. The number of nitrogens with zero attached hydrogens (tertiary/aromatic N) is 2. The van der Waals surface area contributed by atoms with Gasteiger partial charge >= 0.3 is 0 Å². The monoisotopic (exact) mass is 230 g/mol. The van der Waals surface area contributed by atoms with E-state index in [1.54, 1.807) is 0 Å². The van der Waals surface area contributed by atoms with Crippen LogP contribution in [0.25, 0.3) is 0 Å². The van der Waals surface area contributed by atoms with E-state index in [2.05, 4.69) is 42.2 Å².